The number of alkyl halides is 1. The zero-order valence-corrected chi connectivity index (χ0v) is 14.0. The van der Waals surface area contributed by atoms with Crippen LogP contribution in [0.4, 0.5) is 0 Å². The van der Waals surface area contributed by atoms with Crippen LogP contribution in [0, 0.1) is 0 Å². The fourth-order valence-electron chi connectivity index (χ4n) is 1.96. The summed E-state index contributed by atoms with van der Waals surface area (Å²) >= 11 is 3.31. The van der Waals surface area contributed by atoms with Crippen molar-refractivity contribution < 1.29 is 8.42 Å². The minimum atomic E-state index is -3.35. The van der Waals surface area contributed by atoms with Gasteiger partial charge in [-0.2, -0.15) is 4.31 Å². The van der Waals surface area contributed by atoms with Crippen LogP contribution < -0.4 is 0 Å². The first-order valence-corrected chi connectivity index (χ1v) is 9.27. The van der Waals surface area contributed by atoms with Crippen molar-refractivity contribution in [2.45, 2.75) is 38.0 Å². The van der Waals surface area contributed by atoms with Gasteiger partial charge in [0, 0.05) is 18.4 Å². The number of hydrogen-bond donors (Lipinski definition) is 0. The third kappa shape index (κ3) is 4.58. The smallest absolute Gasteiger partial charge is 0.207 e. The summed E-state index contributed by atoms with van der Waals surface area (Å²) in [5.74, 6) is 0. The zero-order valence-electron chi connectivity index (χ0n) is 11.6. The topological polar surface area (TPSA) is 37.4 Å². The minimum Gasteiger partial charge on any atom is -0.207 e. The number of rotatable bonds is 8. The van der Waals surface area contributed by atoms with Crippen LogP contribution in [0.25, 0.3) is 0 Å². The van der Waals surface area contributed by atoms with Gasteiger partial charge in [0.25, 0.3) is 0 Å². The predicted octanol–water partition coefficient (Wildman–Crippen LogP) is 3.43. The molecule has 1 rings (SSSR count). The highest BCUT2D eigenvalue weighted by Crippen LogP contribution is 2.17. The quantitative estimate of drug-likeness (QED) is 0.675. The second-order valence-electron chi connectivity index (χ2n) is 4.49. The number of hydrogen-bond acceptors (Lipinski definition) is 2. The highest BCUT2D eigenvalue weighted by Gasteiger charge is 2.22. The predicted molar refractivity (Wildman–Crippen MR) is 83.3 cm³/mol. The van der Waals surface area contributed by atoms with Crippen molar-refractivity contribution >= 4 is 26.0 Å². The third-order valence-corrected chi connectivity index (χ3v) is 5.17. The number of halogens is 1. The van der Waals surface area contributed by atoms with Crippen LogP contribution in [0.2, 0.25) is 0 Å². The molecule has 0 heterocycles. The number of aryl methyl sites for hydroxylation is 1. The highest BCUT2D eigenvalue weighted by molar-refractivity contribution is 9.09. The monoisotopic (exact) mass is 347 g/mol. The van der Waals surface area contributed by atoms with Gasteiger partial charge >= 0.3 is 0 Å². The highest BCUT2D eigenvalue weighted by atomic mass is 79.9. The molecule has 0 saturated heterocycles. The van der Waals surface area contributed by atoms with Crippen molar-refractivity contribution in [3.8, 4) is 0 Å². The molecule has 0 aromatic heterocycles. The van der Waals surface area contributed by atoms with Crippen LogP contribution in [0.3, 0.4) is 0 Å². The van der Waals surface area contributed by atoms with Gasteiger partial charge in [0.1, 0.15) is 0 Å². The molecule has 0 aliphatic carbocycles. The lowest BCUT2D eigenvalue weighted by Gasteiger charge is -2.20. The average molecular weight is 348 g/mol. The molecule has 0 fully saturated rings. The Labute approximate surface area is 125 Å². The van der Waals surface area contributed by atoms with Gasteiger partial charge in [-0.05, 0) is 30.5 Å². The van der Waals surface area contributed by atoms with E-state index in [2.05, 4.69) is 22.9 Å². The van der Waals surface area contributed by atoms with Gasteiger partial charge in [0.15, 0.2) is 0 Å². The summed E-state index contributed by atoms with van der Waals surface area (Å²) in [6.45, 7) is 5.17. The Bertz CT molecular complexity index is 465. The van der Waals surface area contributed by atoms with E-state index in [1.54, 1.807) is 12.1 Å². The molecule has 1 aromatic carbocycles. The maximum atomic E-state index is 12.5. The normalized spacial score (nSPS) is 12.0. The Morgan fingerprint density at radius 2 is 1.68 bits per heavy atom. The second-order valence-corrected chi connectivity index (χ2v) is 7.22. The van der Waals surface area contributed by atoms with Crippen molar-refractivity contribution in [1.82, 2.24) is 4.31 Å². The standard InChI is InChI=1S/C14H22BrNO2S/c1-3-5-13-6-8-14(9-7-13)19(17,18)16(11-4-2)12-10-15/h6-9H,3-5,10-12H2,1-2H3. The van der Waals surface area contributed by atoms with Crippen molar-refractivity contribution in [3.05, 3.63) is 29.8 Å². The van der Waals surface area contributed by atoms with Crippen LogP contribution in [-0.4, -0.2) is 31.1 Å². The van der Waals surface area contributed by atoms with E-state index >= 15 is 0 Å². The van der Waals surface area contributed by atoms with Gasteiger partial charge in [-0.15, -0.1) is 0 Å². The minimum absolute atomic E-state index is 0.391. The average Bonchev–Trinajstić information content (AvgIpc) is 2.39. The summed E-state index contributed by atoms with van der Waals surface area (Å²) < 4.78 is 26.5. The zero-order chi connectivity index (χ0) is 14.3. The molecular formula is C14H22BrNO2S. The third-order valence-electron chi connectivity index (χ3n) is 2.91. The molecule has 1 aromatic rings. The summed E-state index contributed by atoms with van der Waals surface area (Å²) in [6, 6.07) is 7.26. The summed E-state index contributed by atoms with van der Waals surface area (Å²) in [4.78, 5) is 0.391. The lowest BCUT2D eigenvalue weighted by Crippen LogP contribution is -2.33. The van der Waals surface area contributed by atoms with Crippen molar-refractivity contribution in [1.29, 1.82) is 0 Å². The molecule has 0 bridgehead atoms. The lowest BCUT2D eigenvalue weighted by atomic mass is 10.1. The van der Waals surface area contributed by atoms with E-state index in [1.807, 2.05) is 19.1 Å². The van der Waals surface area contributed by atoms with Crippen LogP contribution in [0.5, 0.6) is 0 Å². The van der Waals surface area contributed by atoms with Gasteiger partial charge in [0.2, 0.25) is 10.0 Å². The van der Waals surface area contributed by atoms with E-state index in [-0.39, 0.29) is 0 Å². The molecule has 3 nitrogen and oxygen atoms in total. The largest absolute Gasteiger partial charge is 0.243 e. The van der Waals surface area contributed by atoms with E-state index < -0.39 is 10.0 Å². The maximum absolute atomic E-state index is 12.5. The first kappa shape index (κ1) is 16.7. The first-order chi connectivity index (χ1) is 9.06. The molecule has 0 aliphatic heterocycles. The molecule has 0 atom stereocenters. The molecule has 0 spiro atoms. The van der Waals surface area contributed by atoms with Crippen LogP contribution in [0.15, 0.2) is 29.2 Å². The van der Waals surface area contributed by atoms with Crippen LogP contribution in [0.1, 0.15) is 32.3 Å². The van der Waals surface area contributed by atoms with Gasteiger partial charge in [-0.1, -0.05) is 48.3 Å². The van der Waals surface area contributed by atoms with Crippen molar-refractivity contribution in [2.75, 3.05) is 18.4 Å². The molecule has 0 amide bonds. The molecule has 19 heavy (non-hydrogen) atoms. The molecule has 108 valence electrons. The van der Waals surface area contributed by atoms with Crippen molar-refractivity contribution in [2.24, 2.45) is 0 Å². The number of nitrogens with zero attached hydrogens (tertiary/aromatic N) is 1. The fourth-order valence-corrected chi connectivity index (χ4v) is 4.16. The van der Waals surface area contributed by atoms with Gasteiger partial charge in [-0.25, -0.2) is 8.42 Å². The summed E-state index contributed by atoms with van der Waals surface area (Å²) in [6.07, 6.45) is 2.87. The summed E-state index contributed by atoms with van der Waals surface area (Å²) in [5.41, 5.74) is 1.18. The first-order valence-electron chi connectivity index (χ1n) is 6.71. The second kappa shape index (κ2) is 8.02. The molecule has 0 aliphatic rings. The van der Waals surface area contributed by atoms with Crippen LogP contribution >= 0.6 is 15.9 Å². The Kier molecular flexibility index (Phi) is 7.04. The molecule has 0 N–H and O–H groups in total. The fraction of sp³-hybridized carbons (Fsp3) is 0.571. The Balaban J connectivity index is 2.96. The number of benzene rings is 1. The van der Waals surface area contributed by atoms with Gasteiger partial charge in [0.05, 0.1) is 4.90 Å². The molecule has 5 heteroatoms. The molecule has 0 saturated carbocycles. The van der Waals surface area contributed by atoms with Gasteiger partial charge < -0.3 is 0 Å². The summed E-state index contributed by atoms with van der Waals surface area (Å²) in [5, 5.41) is 0.653. The lowest BCUT2D eigenvalue weighted by molar-refractivity contribution is 0.430. The van der Waals surface area contributed by atoms with E-state index in [9.17, 15) is 8.42 Å². The van der Waals surface area contributed by atoms with Gasteiger partial charge in [-0.3, -0.25) is 0 Å². The SMILES string of the molecule is CCCc1ccc(S(=O)(=O)N(CCC)CCBr)cc1. The summed E-state index contributed by atoms with van der Waals surface area (Å²) in [7, 11) is -3.35. The Morgan fingerprint density at radius 3 is 2.16 bits per heavy atom. The van der Waals surface area contributed by atoms with E-state index in [0.717, 1.165) is 19.3 Å². The maximum Gasteiger partial charge on any atom is 0.243 e. The van der Waals surface area contributed by atoms with E-state index in [1.165, 1.54) is 9.87 Å². The molecular weight excluding hydrogens is 326 g/mol. The molecule has 0 radical (unpaired) electrons. The van der Waals surface area contributed by atoms with E-state index in [4.69, 9.17) is 0 Å². The Morgan fingerprint density at radius 1 is 1.05 bits per heavy atom. The van der Waals surface area contributed by atoms with Crippen LogP contribution in [-0.2, 0) is 16.4 Å². The Hall–Kier alpha value is -0.390. The van der Waals surface area contributed by atoms with Crippen molar-refractivity contribution in [3.63, 3.8) is 0 Å². The number of sulfonamides is 1. The molecule has 0 unspecified atom stereocenters. The van der Waals surface area contributed by atoms with E-state index in [0.29, 0.717) is 23.3 Å².